The smallest absolute Gasteiger partial charge is 0.326 e. The Morgan fingerprint density at radius 2 is 1.25 bits per heavy atom. The van der Waals surface area contributed by atoms with Crippen LogP contribution in [0, 0.1) is 0 Å². The van der Waals surface area contributed by atoms with Crippen LogP contribution < -0.4 is 27.4 Å². The third-order valence-electron chi connectivity index (χ3n) is 4.27. The molecule has 0 bridgehead atoms. The van der Waals surface area contributed by atoms with Crippen molar-refractivity contribution >= 4 is 35.6 Å². The molecule has 4 unspecified atom stereocenters. The monoisotopic (exact) mass is 461 g/mol. The van der Waals surface area contributed by atoms with Gasteiger partial charge in [0.2, 0.25) is 17.7 Å². The molecule has 0 aromatic rings. The molecule has 0 saturated heterocycles. The molecule has 0 rings (SSSR count). The minimum absolute atomic E-state index is 0.158. The molecule has 0 aromatic heterocycles. The summed E-state index contributed by atoms with van der Waals surface area (Å²) in [7, 11) is 0. The third-order valence-corrected chi connectivity index (χ3v) is 4.27. The molecule has 0 aliphatic rings. The molecule has 0 aliphatic heterocycles. The zero-order chi connectivity index (χ0) is 24.8. The van der Waals surface area contributed by atoms with Crippen LogP contribution in [0.15, 0.2) is 0 Å². The van der Waals surface area contributed by atoms with Gasteiger partial charge in [-0.3, -0.25) is 24.0 Å². The van der Waals surface area contributed by atoms with Gasteiger partial charge >= 0.3 is 17.9 Å². The Hall–Kier alpha value is -3.26. The number of hydrogen-bond donors (Lipinski definition) is 8. The SMILES string of the molecule is CC(N)C(=O)NC(CCCCN)C(=O)NC(CCC(=O)O)C(=O)NC(CC(=O)O)C(=O)O. The Labute approximate surface area is 184 Å². The number of carboxylic acid groups (broad SMARTS) is 3. The second-order valence-electron chi connectivity index (χ2n) is 7.13. The fraction of sp³-hybridized carbons (Fsp3) is 0.667. The molecule has 0 fully saturated rings. The summed E-state index contributed by atoms with van der Waals surface area (Å²) in [5, 5.41) is 33.5. The minimum atomic E-state index is -1.79. The molecule has 3 amide bonds. The molecule has 32 heavy (non-hydrogen) atoms. The molecule has 0 aromatic carbocycles. The quantitative estimate of drug-likeness (QED) is 0.110. The summed E-state index contributed by atoms with van der Waals surface area (Å²) in [4.78, 5) is 70.1. The van der Waals surface area contributed by atoms with Crippen LogP contribution in [0.5, 0.6) is 0 Å². The zero-order valence-electron chi connectivity index (χ0n) is 17.7. The van der Waals surface area contributed by atoms with Gasteiger partial charge in [0, 0.05) is 6.42 Å². The highest BCUT2D eigenvalue weighted by molar-refractivity contribution is 5.94. The lowest BCUT2D eigenvalue weighted by Crippen LogP contribution is -2.57. The lowest BCUT2D eigenvalue weighted by atomic mass is 10.1. The third kappa shape index (κ3) is 11.8. The van der Waals surface area contributed by atoms with E-state index >= 15 is 0 Å². The van der Waals surface area contributed by atoms with Gasteiger partial charge in [0.05, 0.1) is 12.5 Å². The normalized spacial score (nSPS) is 14.3. The number of nitrogens with one attached hydrogen (secondary N) is 3. The second kappa shape index (κ2) is 14.7. The van der Waals surface area contributed by atoms with Crippen molar-refractivity contribution in [1.82, 2.24) is 16.0 Å². The number of aliphatic carboxylic acids is 3. The Kier molecular flexibility index (Phi) is 13.2. The van der Waals surface area contributed by atoms with Gasteiger partial charge in [0.25, 0.3) is 0 Å². The van der Waals surface area contributed by atoms with Crippen LogP contribution in [0.3, 0.4) is 0 Å². The van der Waals surface area contributed by atoms with Crippen LogP contribution in [0.2, 0.25) is 0 Å². The Bertz CT molecular complexity index is 698. The molecule has 4 atom stereocenters. The average Bonchev–Trinajstić information content (AvgIpc) is 2.68. The lowest BCUT2D eigenvalue weighted by molar-refractivity contribution is -0.147. The van der Waals surface area contributed by atoms with Crippen molar-refractivity contribution in [1.29, 1.82) is 0 Å². The predicted octanol–water partition coefficient (Wildman–Crippen LogP) is -2.66. The summed E-state index contributed by atoms with van der Waals surface area (Å²) in [6, 6.07) is -5.30. The summed E-state index contributed by atoms with van der Waals surface area (Å²) in [5.41, 5.74) is 10.9. The number of nitrogens with two attached hydrogens (primary N) is 2. The van der Waals surface area contributed by atoms with E-state index in [0.717, 1.165) is 0 Å². The van der Waals surface area contributed by atoms with Crippen molar-refractivity contribution in [2.24, 2.45) is 11.5 Å². The van der Waals surface area contributed by atoms with Crippen LogP contribution in [0.25, 0.3) is 0 Å². The van der Waals surface area contributed by atoms with Crippen molar-refractivity contribution < 1.29 is 44.1 Å². The maximum atomic E-state index is 12.7. The summed E-state index contributed by atoms with van der Waals surface area (Å²) >= 11 is 0. The number of amides is 3. The molecule has 14 heteroatoms. The van der Waals surface area contributed by atoms with Crippen LogP contribution in [-0.2, 0) is 28.8 Å². The molecule has 14 nitrogen and oxygen atoms in total. The first-order valence-corrected chi connectivity index (χ1v) is 9.92. The molecule has 182 valence electrons. The first-order valence-electron chi connectivity index (χ1n) is 9.92. The number of rotatable bonds is 16. The van der Waals surface area contributed by atoms with E-state index in [4.69, 9.17) is 26.8 Å². The van der Waals surface area contributed by atoms with Crippen LogP contribution >= 0.6 is 0 Å². The van der Waals surface area contributed by atoms with E-state index in [-0.39, 0.29) is 6.42 Å². The fourth-order valence-electron chi connectivity index (χ4n) is 2.52. The highest BCUT2D eigenvalue weighted by Crippen LogP contribution is 2.06. The highest BCUT2D eigenvalue weighted by atomic mass is 16.4. The standard InChI is InChI=1S/C18H31N5O9/c1-9(20)15(28)21-10(4-2-3-7-19)16(29)22-11(5-6-13(24)25)17(30)23-12(18(31)32)8-14(26)27/h9-12H,2-8,19-20H2,1H3,(H,21,28)(H,22,29)(H,23,30)(H,24,25)(H,26,27)(H,31,32). The maximum absolute atomic E-state index is 12.7. The van der Waals surface area contributed by atoms with Crippen LogP contribution in [0.4, 0.5) is 0 Å². The second-order valence-corrected chi connectivity index (χ2v) is 7.13. The maximum Gasteiger partial charge on any atom is 0.326 e. The van der Waals surface area contributed by atoms with Gasteiger partial charge in [0.1, 0.15) is 18.1 Å². The summed E-state index contributed by atoms with van der Waals surface area (Å²) in [5.74, 6) is -6.89. The van der Waals surface area contributed by atoms with Crippen molar-refractivity contribution in [3.8, 4) is 0 Å². The highest BCUT2D eigenvalue weighted by Gasteiger charge is 2.31. The van der Waals surface area contributed by atoms with E-state index in [9.17, 15) is 28.8 Å². The van der Waals surface area contributed by atoms with Gasteiger partial charge < -0.3 is 42.7 Å². The van der Waals surface area contributed by atoms with E-state index in [1.165, 1.54) is 6.92 Å². The van der Waals surface area contributed by atoms with Gasteiger partial charge in [-0.2, -0.15) is 0 Å². The average molecular weight is 461 g/mol. The van der Waals surface area contributed by atoms with E-state index < -0.39 is 79.1 Å². The summed E-state index contributed by atoms with van der Waals surface area (Å²) in [6.45, 7) is 1.75. The fourth-order valence-corrected chi connectivity index (χ4v) is 2.52. The summed E-state index contributed by atoms with van der Waals surface area (Å²) < 4.78 is 0. The molecule has 0 spiro atoms. The molecule has 0 radical (unpaired) electrons. The molecule has 0 aliphatic carbocycles. The Balaban J connectivity index is 5.49. The van der Waals surface area contributed by atoms with Gasteiger partial charge in [-0.25, -0.2) is 4.79 Å². The molecule has 10 N–H and O–H groups in total. The van der Waals surface area contributed by atoms with E-state index in [2.05, 4.69) is 10.6 Å². The van der Waals surface area contributed by atoms with Gasteiger partial charge in [-0.05, 0) is 39.2 Å². The first kappa shape index (κ1) is 28.7. The van der Waals surface area contributed by atoms with E-state index in [1.54, 1.807) is 0 Å². The van der Waals surface area contributed by atoms with Crippen molar-refractivity contribution in [3.05, 3.63) is 0 Å². The summed E-state index contributed by atoms with van der Waals surface area (Å²) in [6.07, 6.45) is -0.698. The van der Waals surface area contributed by atoms with E-state index in [1.807, 2.05) is 5.32 Å². The molecular weight excluding hydrogens is 430 g/mol. The number of carbonyl (C=O) groups excluding carboxylic acids is 3. The van der Waals surface area contributed by atoms with Crippen LogP contribution in [-0.4, -0.2) is 81.7 Å². The predicted molar refractivity (Wildman–Crippen MR) is 109 cm³/mol. The number of unbranched alkanes of at least 4 members (excludes halogenated alkanes) is 1. The largest absolute Gasteiger partial charge is 0.481 e. The first-order chi connectivity index (χ1) is 14.9. The van der Waals surface area contributed by atoms with Gasteiger partial charge in [-0.1, -0.05) is 0 Å². The molecule has 0 saturated carbocycles. The Morgan fingerprint density at radius 3 is 1.69 bits per heavy atom. The van der Waals surface area contributed by atoms with Gasteiger partial charge in [-0.15, -0.1) is 0 Å². The topological polar surface area (TPSA) is 251 Å². The Morgan fingerprint density at radius 1 is 0.750 bits per heavy atom. The lowest BCUT2D eigenvalue weighted by Gasteiger charge is -2.24. The van der Waals surface area contributed by atoms with Crippen molar-refractivity contribution in [3.63, 3.8) is 0 Å². The minimum Gasteiger partial charge on any atom is -0.481 e. The van der Waals surface area contributed by atoms with Gasteiger partial charge in [0.15, 0.2) is 0 Å². The zero-order valence-corrected chi connectivity index (χ0v) is 17.7. The molecular formula is C18H31N5O9. The number of carbonyl (C=O) groups is 6. The van der Waals surface area contributed by atoms with E-state index in [0.29, 0.717) is 19.4 Å². The number of hydrogen-bond acceptors (Lipinski definition) is 8. The van der Waals surface area contributed by atoms with Crippen molar-refractivity contribution in [2.45, 2.75) is 69.6 Å². The molecule has 0 heterocycles. The van der Waals surface area contributed by atoms with Crippen molar-refractivity contribution in [2.75, 3.05) is 6.54 Å². The van der Waals surface area contributed by atoms with Crippen LogP contribution in [0.1, 0.15) is 45.4 Å². The number of carboxylic acids is 3.